The Balaban J connectivity index is 1.95. The molecule has 1 amide bonds. The molecule has 6 nitrogen and oxygen atoms in total. The van der Waals surface area contributed by atoms with E-state index in [0.29, 0.717) is 17.9 Å². The third-order valence-electron chi connectivity index (χ3n) is 3.39. The minimum atomic E-state index is -3.39. The van der Waals surface area contributed by atoms with Crippen molar-refractivity contribution < 1.29 is 17.9 Å². The van der Waals surface area contributed by atoms with Crippen LogP contribution < -0.4 is 14.8 Å². The molecule has 134 valence electrons. The molecule has 0 unspecified atom stereocenters. The van der Waals surface area contributed by atoms with Gasteiger partial charge in [0.15, 0.2) is 0 Å². The Morgan fingerprint density at radius 2 is 1.88 bits per heavy atom. The normalized spacial score (nSPS) is 12.3. The van der Waals surface area contributed by atoms with Gasteiger partial charge in [-0.1, -0.05) is 24.3 Å². The quantitative estimate of drug-likeness (QED) is 0.793. The van der Waals surface area contributed by atoms with E-state index in [2.05, 4.69) is 10.0 Å². The second kappa shape index (κ2) is 8.02. The zero-order valence-corrected chi connectivity index (χ0v) is 15.3. The van der Waals surface area contributed by atoms with E-state index in [1.54, 1.807) is 18.2 Å². The summed E-state index contributed by atoms with van der Waals surface area (Å²) < 4.78 is 30.6. The number of carbonyl (C=O) groups is 1. The highest BCUT2D eigenvalue weighted by Crippen LogP contribution is 2.16. The van der Waals surface area contributed by atoms with E-state index in [0.717, 1.165) is 17.6 Å². The summed E-state index contributed by atoms with van der Waals surface area (Å²) in [6.07, 6.45) is 1.06. The first-order valence-electron chi connectivity index (χ1n) is 7.82. The molecule has 0 saturated carbocycles. The zero-order valence-electron chi connectivity index (χ0n) is 14.4. The van der Waals surface area contributed by atoms with E-state index in [1.165, 1.54) is 6.07 Å². The second-order valence-corrected chi connectivity index (χ2v) is 7.65. The highest BCUT2D eigenvalue weighted by atomic mass is 32.2. The molecule has 0 fully saturated rings. The van der Waals surface area contributed by atoms with Gasteiger partial charge in [-0.25, -0.2) is 8.42 Å². The molecule has 0 aliphatic carbocycles. The molecule has 2 aromatic carbocycles. The van der Waals surface area contributed by atoms with Crippen molar-refractivity contribution in [1.29, 1.82) is 0 Å². The molecule has 0 aliphatic heterocycles. The summed E-state index contributed by atoms with van der Waals surface area (Å²) in [4.78, 5) is 12.3. The molecule has 2 N–H and O–H groups in total. The van der Waals surface area contributed by atoms with Crippen LogP contribution in [0.25, 0.3) is 0 Å². The SMILES string of the molecule is Cc1ccccc1OC[C@@H](C)NC(=O)c1cccc(NS(C)(=O)=O)c1. The molecule has 0 bridgehead atoms. The molecular formula is C18H22N2O4S. The Morgan fingerprint density at radius 3 is 2.56 bits per heavy atom. The first-order chi connectivity index (χ1) is 11.7. The first kappa shape index (κ1) is 18.8. The van der Waals surface area contributed by atoms with Crippen molar-refractivity contribution in [2.75, 3.05) is 17.6 Å². The van der Waals surface area contributed by atoms with Gasteiger partial charge in [-0.15, -0.1) is 0 Å². The Labute approximate surface area is 148 Å². The summed E-state index contributed by atoms with van der Waals surface area (Å²) in [6.45, 7) is 4.13. The van der Waals surface area contributed by atoms with E-state index in [4.69, 9.17) is 4.74 Å². The van der Waals surface area contributed by atoms with E-state index in [1.807, 2.05) is 38.1 Å². The van der Waals surface area contributed by atoms with Crippen LogP contribution in [0.4, 0.5) is 5.69 Å². The molecule has 0 spiro atoms. The highest BCUT2D eigenvalue weighted by Gasteiger charge is 2.12. The fraction of sp³-hybridized carbons (Fsp3) is 0.278. The minimum Gasteiger partial charge on any atom is -0.491 e. The van der Waals surface area contributed by atoms with Gasteiger partial charge < -0.3 is 10.1 Å². The molecule has 0 aliphatic rings. The number of rotatable bonds is 7. The molecule has 0 aromatic heterocycles. The molecule has 25 heavy (non-hydrogen) atoms. The van der Waals surface area contributed by atoms with Crippen molar-refractivity contribution in [1.82, 2.24) is 5.32 Å². The molecule has 0 saturated heterocycles. The van der Waals surface area contributed by atoms with Gasteiger partial charge in [-0.3, -0.25) is 9.52 Å². The lowest BCUT2D eigenvalue weighted by atomic mass is 10.2. The maximum Gasteiger partial charge on any atom is 0.251 e. The van der Waals surface area contributed by atoms with Gasteiger partial charge >= 0.3 is 0 Å². The van der Waals surface area contributed by atoms with E-state index >= 15 is 0 Å². The summed E-state index contributed by atoms with van der Waals surface area (Å²) in [7, 11) is -3.39. The van der Waals surface area contributed by atoms with Gasteiger partial charge in [0.05, 0.1) is 12.3 Å². The summed E-state index contributed by atoms with van der Waals surface area (Å²) in [5.74, 6) is 0.487. The third-order valence-corrected chi connectivity index (χ3v) is 3.99. The average Bonchev–Trinajstić information content (AvgIpc) is 2.52. The first-order valence-corrected chi connectivity index (χ1v) is 9.71. The fourth-order valence-corrected chi connectivity index (χ4v) is 2.78. The molecule has 0 radical (unpaired) electrons. The van der Waals surface area contributed by atoms with Crippen LogP contribution >= 0.6 is 0 Å². The lowest BCUT2D eigenvalue weighted by molar-refractivity contribution is 0.0926. The van der Waals surface area contributed by atoms with E-state index < -0.39 is 10.0 Å². The van der Waals surface area contributed by atoms with Crippen LogP contribution in [-0.4, -0.2) is 33.2 Å². The van der Waals surface area contributed by atoms with Crippen LogP contribution in [0.1, 0.15) is 22.8 Å². The van der Waals surface area contributed by atoms with E-state index in [-0.39, 0.29) is 11.9 Å². The maximum absolute atomic E-state index is 12.3. The number of hydrogen-bond donors (Lipinski definition) is 2. The number of amides is 1. The molecular weight excluding hydrogens is 340 g/mol. The fourth-order valence-electron chi connectivity index (χ4n) is 2.22. The van der Waals surface area contributed by atoms with Crippen LogP contribution in [0.15, 0.2) is 48.5 Å². The van der Waals surface area contributed by atoms with Crippen LogP contribution in [0.2, 0.25) is 0 Å². The van der Waals surface area contributed by atoms with Crippen molar-refractivity contribution >= 4 is 21.6 Å². The number of para-hydroxylation sites is 1. The number of benzene rings is 2. The summed E-state index contributed by atoms with van der Waals surface area (Å²) in [5.41, 5.74) is 1.75. The van der Waals surface area contributed by atoms with Crippen molar-refractivity contribution in [3.63, 3.8) is 0 Å². The lowest BCUT2D eigenvalue weighted by Crippen LogP contribution is -2.36. The largest absolute Gasteiger partial charge is 0.491 e. The third kappa shape index (κ3) is 6.11. The number of ether oxygens (including phenoxy) is 1. The molecule has 0 heterocycles. The minimum absolute atomic E-state index is 0.210. The van der Waals surface area contributed by atoms with Crippen LogP contribution in [0, 0.1) is 6.92 Å². The number of nitrogens with one attached hydrogen (secondary N) is 2. The Kier molecular flexibility index (Phi) is 6.03. The van der Waals surface area contributed by atoms with Crippen molar-refractivity contribution in [2.24, 2.45) is 0 Å². The van der Waals surface area contributed by atoms with Crippen LogP contribution in [-0.2, 0) is 10.0 Å². The van der Waals surface area contributed by atoms with Crippen molar-refractivity contribution in [3.05, 3.63) is 59.7 Å². The predicted molar refractivity (Wildman–Crippen MR) is 98.5 cm³/mol. The zero-order chi connectivity index (χ0) is 18.4. The Bertz CT molecular complexity index is 850. The summed E-state index contributed by atoms with van der Waals surface area (Å²) >= 11 is 0. The highest BCUT2D eigenvalue weighted by molar-refractivity contribution is 7.92. The van der Waals surface area contributed by atoms with Gasteiger partial charge in [0.2, 0.25) is 10.0 Å². The smallest absolute Gasteiger partial charge is 0.251 e. The van der Waals surface area contributed by atoms with Gasteiger partial charge in [0.25, 0.3) is 5.91 Å². The molecule has 1 atom stereocenters. The standard InChI is InChI=1S/C18H22N2O4S/c1-13-7-4-5-10-17(13)24-12-14(2)19-18(21)15-8-6-9-16(11-15)20-25(3,22)23/h4-11,14,20H,12H2,1-3H3,(H,19,21)/t14-/m1/s1. The van der Waals surface area contributed by atoms with Gasteiger partial charge in [0, 0.05) is 11.3 Å². The summed E-state index contributed by atoms with van der Waals surface area (Å²) in [6, 6.07) is 13.8. The van der Waals surface area contributed by atoms with Crippen LogP contribution in [0.5, 0.6) is 5.75 Å². The lowest BCUT2D eigenvalue weighted by Gasteiger charge is -2.16. The molecule has 2 aromatic rings. The predicted octanol–water partition coefficient (Wildman–Crippen LogP) is 2.56. The number of sulfonamides is 1. The second-order valence-electron chi connectivity index (χ2n) is 5.91. The van der Waals surface area contributed by atoms with Crippen molar-refractivity contribution in [2.45, 2.75) is 19.9 Å². The molecule has 7 heteroatoms. The summed E-state index contributed by atoms with van der Waals surface area (Å²) in [5, 5.41) is 2.83. The maximum atomic E-state index is 12.3. The average molecular weight is 362 g/mol. The van der Waals surface area contributed by atoms with Crippen molar-refractivity contribution in [3.8, 4) is 5.75 Å². The van der Waals surface area contributed by atoms with Crippen LogP contribution in [0.3, 0.4) is 0 Å². The topological polar surface area (TPSA) is 84.5 Å². The monoisotopic (exact) mass is 362 g/mol. The molecule has 2 rings (SSSR count). The number of aryl methyl sites for hydroxylation is 1. The van der Waals surface area contributed by atoms with Gasteiger partial charge in [0.1, 0.15) is 12.4 Å². The number of carbonyl (C=O) groups excluding carboxylic acids is 1. The Morgan fingerprint density at radius 1 is 1.16 bits per heavy atom. The van der Waals surface area contributed by atoms with Gasteiger partial charge in [-0.05, 0) is 43.7 Å². The number of hydrogen-bond acceptors (Lipinski definition) is 4. The van der Waals surface area contributed by atoms with Gasteiger partial charge in [-0.2, -0.15) is 0 Å². The van der Waals surface area contributed by atoms with E-state index in [9.17, 15) is 13.2 Å². The number of anilines is 1. The Hall–Kier alpha value is -2.54.